The van der Waals surface area contributed by atoms with E-state index >= 15 is 0 Å². The molecule has 0 aromatic carbocycles. The van der Waals surface area contributed by atoms with E-state index in [1.165, 1.54) is 0 Å². The summed E-state index contributed by atoms with van der Waals surface area (Å²) in [5, 5.41) is 36.4. The van der Waals surface area contributed by atoms with E-state index in [-0.39, 0.29) is 6.61 Å². The molecule has 72 valence electrons. The Morgan fingerprint density at radius 2 is 1.67 bits per heavy atom. The van der Waals surface area contributed by atoms with Crippen molar-refractivity contribution in [2.24, 2.45) is 0 Å². The van der Waals surface area contributed by atoms with Crippen molar-refractivity contribution in [2.75, 3.05) is 6.61 Å². The first-order valence-electron chi connectivity index (χ1n) is 3.88. The molecule has 0 bridgehead atoms. The van der Waals surface area contributed by atoms with Crippen LogP contribution in [0.5, 0.6) is 0 Å². The van der Waals surface area contributed by atoms with Crippen LogP contribution in [0.25, 0.3) is 0 Å². The standard InChI is InChI=1S/C7H14O5/c1-3-5(9)7(11)6(10)4(2-8)12-3/h3-11H,2H2,1H3/t3?,4-,5-,6-,7-/m1/s1. The van der Waals surface area contributed by atoms with Crippen LogP contribution in [0.3, 0.4) is 0 Å². The van der Waals surface area contributed by atoms with Crippen molar-refractivity contribution < 1.29 is 25.2 Å². The van der Waals surface area contributed by atoms with Crippen LogP contribution in [-0.2, 0) is 4.74 Å². The topological polar surface area (TPSA) is 90.2 Å². The van der Waals surface area contributed by atoms with Crippen molar-refractivity contribution in [3.63, 3.8) is 0 Å². The van der Waals surface area contributed by atoms with Crippen molar-refractivity contribution in [3.8, 4) is 0 Å². The maximum absolute atomic E-state index is 9.23. The summed E-state index contributed by atoms with van der Waals surface area (Å²) in [4.78, 5) is 0. The molecule has 1 aliphatic heterocycles. The molecule has 1 saturated heterocycles. The fourth-order valence-corrected chi connectivity index (χ4v) is 1.29. The number of hydrogen-bond donors (Lipinski definition) is 4. The minimum atomic E-state index is -1.24. The van der Waals surface area contributed by atoms with Gasteiger partial charge in [0.1, 0.15) is 24.4 Å². The van der Waals surface area contributed by atoms with Crippen LogP contribution < -0.4 is 0 Å². The predicted octanol–water partition coefficient (Wildman–Crippen LogP) is -2.15. The van der Waals surface area contributed by atoms with Crippen LogP contribution in [-0.4, -0.2) is 57.6 Å². The first-order valence-corrected chi connectivity index (χ1v) is 3.88. The number of aliphatic hydroxyl groups excluding tert-OH is 4. The molecule has 4 N–H and O–H groups in total. The molecule has 0 aromatic heterocycles. The van der Waals surface area contributed by atoms with Gasteiger partial charge in [0, 0.05) is 0 Å². The zero-order valence-electron chi connectivity index (χ0n) is 6.79. The molecule has 0 amide bonds. The summed E-state index contributed by atoms with van der Waals surface area (Å²) < 4.78 is 5.02. The summed E-state index contributed by atoms with van der Waals surface area (Å²) in [5.74, 6) is 0. The lowest BCUT2D eigenvalue weighted by atomic mass is 9.96. The summed E-state index contributed by atoms with van der Waals surface area (Å²) in [6.45, 7) is 1.21. The highest BCUT2D eigenvalue weighted by molar-refractivity contribution is 4.89. The summed E-state index contributed by atoms with van der Waals surface area (Å²) >= 11 is 0. The quantitative estimate of drug-likeness (QED) is 0.367. The van der Waals surface area contributed by atoms with E-state index in [4.69, 9.17) is 9.84 Å². The summed E-state index contributed by atoms with van der Waals surface area (Å²) in [6.07, 6.45) is -4.94. The molecule has 1 unspecified atom stereocenters. The van der Waals surface area contributed by atoms with E-state index in [2.05, 4.69) is 0 Å². The fraction of sp³-hybridized carbons (Fsp3) is 1.00. The first-order chi connectivity index (χ1) is 5.57. The maximum atomic E-state index is 9.23. The fourth-order valence-electron chi connectivity index (χ4n) is 1.29. The molecular formula is C7H14O5. The molecule has 0 saturated carbocycles. The molecule has 0 aromatic rings. The van der Waals surface area contributed by atoms with Gasteiger partial charge in [0.05, 0.1) is 12.7 Å². The van der Waals surface area contributed by atoms with Gasteiger partial charge in [0.15, 0.2) is 0 Å². The molecule has 0 spiro atoms. The molecule has 1 heterocycles. The van der Waals surface area contributed by atoms with Gasteiger partial charge in [-0.25, -0.2) is 0 Å². The van der Waals surface area contributed by atoms with Gasteiger partial charge < -0.3 is 25.2 Å². The van der Waals surface area contributed by atoms with Gasteiger partial charge in [-0.1, -0.05) is 0 Å². The lowest BCUT2D eigenvalue weighted by Crippen LogP contribution is -2.57. The summed E-state index contributed by atoms with van der Waals surface area (Å²) in [5.41, 5.74) is 0. The van der Waals surface area contributed by atoms with Crippen molar-refractivity contribution in [3.05, 3.63) is 0 Å². The van der Waals surface area contributed by atoms with Crippen LogP contribution >= 0.6 is 0 Å². The van der Waals surface area contributed by atoms with E-state index < -0.39 is 30.5 Å². The van der Waals surface area contributed by atoms with E-state index in [0.29, 0.717) is 0 Å². The lowest BCUT2D eigenvalue weighted by molar-refractivity contribution is -0.224. The molecule has 1 aliphatic rings. The Hall–Kier alpha value is -0.200. The molecule has 5 heteroatoms. The average molecular weight is 178 g/mol. The molecule has 0 aliphatic carbocycles. The third-order valence-electron chi connectivity index (χ3n) is 2.13. The molecule has 0 radical (unpaired) electrons. The second-order valence-electron chi connectivity index (χ2n) is 3.03. The van der Waals surface area contributed by atoms with E-state index in [1.807, 2.05) is 0 Å². The van der Waals surface area contributed by atoms with Crippen molar-refractivity contribution in [2.45, 2.75) is 37.4 Å². The largest absolute Gasteiger partial charge is 0.394 e. The second kappa shape index (κ2) is 3.68. The highest BCUT2D eigenvalue weighted by Crippen LogP contribution is 2.20. The third kappa shape index (κ3) is 1.60. The average Bonchev–Trinajstić information content (AvgIpc) is 2.08. The highest BCUT2D eigenvalue weighted by Gasteiger charge is 2.41. The SMILES string of the molecule is CC1O[C@H](CO)[C@@H](O)[C@H](O)[C@@H]1O. The minimum absolute atomic E-state index is 0.366. The van der Waals surface area contributed by atoms with Gasteiger partial charge in [0.2, 0.25) is 0 Å². The molecule has 1 rings (SSSR count). The number of aliphatic hydroxyl groups is 4. The summed E-state index contributed by atoms with van der Waals surface area (Å²) in [7, 11) is 0. The number of hydrogen-bond acceptors (Lipinski definition) is 5. The van der Waals surface area contributed by atoms with Crippen molar-refractivity contribution >= 4 is 0 Å². The maximum Gasteiger partial charge on any atom is 0.111 e. The van der Waals surface area contributed by atoms with E-state index in [1.54, 1.807) is 6.92 Å². The normalized spacial score (nSPS) is 49.2. The first kappa shape index (κ1) is 9.88. The monoisotopic (exact) mass is 178 g/mol. The van der Waals surface area contributed by atoms with Crippen molar-refractivity contribution in [1.82, 2.24) is 0 Å². The lowest BCUT2D eigenvalue weighted by Gasteiger charge is -2.38. The van der Waals surface area contributed by atoms with Gasteiger partial charge in [0.25, 0.3) is 0 Å². The van der Waals surface area contributed by atoms with Gasteiger partial charge >= 0.3 is 0 Å². The van der Waals surface area contributed by atoms with Gasteiger partial charge in [-0.3, -0.25) is 0 Å². The summed E-state index contributed by atoms with van der Waals surface area (Å²) in [6, 6.07) is 0. The smallest absolute Gasteiger partial charge is 0.111 e. The van der Waals surface area contributed by atoms with Crippen LogP contribution in [0.4, 0.5) is 0 Å². The zero-order chi connectivity index (χ0) is 9.30. The van der Waals surface area contributed by atoms with Crippen molar-refractivity contribution in [1.29, 1.82) is 0 Å². The molecule has 5 nitrogen and oxygen atoms in total. The van der Waals surface area contributed by atoms with Gasteiger partial charge in [-0.15, -0.1) is 0 Å². The Morgan fingerprint density at radius 3 is 2.17 bits per heavy atom. The minimum Gasteiger partial charge on any atom is -0.394 e. The van der Waals surface area contributed by atoms with Gasteiger partial charge in [-0.05, 0) is 6.92 Å². The Labute approximate surface area is 70.2 Å². The van der Waals surface area contributed by atoms with E-state index in [0.717, 1.165) is 0 Å². The van der Waals surface area contributed by atoms with Crippen LogP contribution in [0, 0.1) is 0 Å². The van der Waals surface area contributed by atoms with Crippen LogP contribution in [0.2, 0.25) is 0 Å². The van der Waals surface area contributed by atoms with Gasteiger partial charge in [-0.2, -0.15) is 0 Å². The highest BCUT2D eigenvalue weighted by atomic mass is 16.5. The zero-order valence-corrected chi connectivity index (χ0v) is 6.79. The number of rotatable bonds is 1. The Balaban J connectivity index is 2.63. The third-order valence-corrected chi connectivity index (χ3v) is 2.13. The second-order valence-corrected chi connectivity index (χ2v) is 3.03. The molecule has 5 atom stereocenters. The molecular weight excluding hydrogens is 164 g/mol. The van der Waals surface area contributed by atoms with Crippen LogP contribution in [0.15, 0.2) is 0 Å². The number of ether oxygens (including phenoxy) is 1. The molecule has 1 fully saturated rings. The van der Waals surface area contributed by atoms with Crippen LogP contribution in [0.1, 0.15) is 6.92 Å². The Morgan fingerprint density at radius 1 is 1.08 bits per heavy atom. The Bertz CT molecular complexity index is 146. The Kier molecular flexibility index (Phi) is 3.03. The predicted molar refractivity (Wildman–Crippen MR) is 39.4 cm³/mol. The molecule has 12 heavy (non-hydrogen) atoms. The van der Waals surface area contributed by atoms with E-state index in [9.17, 15) is 15.3 Å².